The van der Waals surface area contributed by atoms with Crippen molar-refractivity contribution in [3.05, 3.63) is 48.0 Å². The van der Waals surface area contributed by atoms with E-state index in [0.29, 0.717) is 17.6 Å². The Morgan fingerprint density at radius 1 is 1.14 bits per heavy atom. The summed E-state index contributed by atoms with van der Waals surface area (Å²) in [6.07, 6.45) is 3.89. The number of aromatic amines is 1. The highest BCUT2D eigenvalue weighted by Gasteiger charge is 2.50. The highest BCUT2D eigenvalue weighted by molar-refractivity contribution is 5.90. The van der Waals surface area contributed by atoms with Crippen LogP contribution in [0.1, 0.15) is 31.2 Å². The van der Waals surface area contributed by atoms with Gasteiger partial charge >= 0.3 is 6.03 Å². The Morgan fingerprint density at radius 2 is 2.00 bits per heavy atom. The monoisotopic (exact) mass is 477 g/mol. The second-order valence-electron chi connectivity index (χ2n) is 9.36. The third-order valence-electron chi connectivity index (χ3n) is 7.54. The zero-order valence-electron chi connectivity index (χ0n) is 20.2. The van der Waals surface area contributed by atoms with Crippen molar-refractivity contribution in [3.8, 4) is 22.9 Å². The van der Waals surface area contributed by atoms with Gasteiger partial charge in [0, 0.05) is 28.7 Å². The molecule has 3 N–H and O–H groups in total. The SMILES string of the molecule is COc1ccc([C@@]23CC[C@H](NC(=O)Nc4cccc(-c5nn[nH]n5)c4)C[C@H]2N(C)CC3)cc1OC. The van der Waals surface area contributed by atoms with Crippen molar-refractivity contribution in [1.82, 2.24) is 30.8 Å². The molecular formula is C25H31N7O3. The second kappa shape index (κ2) is 9.53. The van der Waals surface area contributed by atoms with Crippen LogP contribution in [0.2, 0.25) is 0 Å². The third-order valence-corrected chi connectivity index (χ3v) is 7.54. The summed E-state index contributed by atoms with van der Waals surface area (Å²) in [5.41, 5.74) is 2.78. The molecule has 10 heteroatoms. The molecule has 2 heterocycles. The number of likely N-dealkylation sites (tertiary alicyclic amines) is 1. The molecule has 0 spiro atoms. The number of benzene rings is 2. The zero-order chi connectivity index (χ0) is 24.4. The van der Waals surface area contributed by atoms with Crippen molar-refractivity contribution in [2.24, 2.45) is 0 Å². The van der Waals surface area contributed by atoms with Gasteiger partial charge in [0.05, 0.1) is 14.2 Å². The van der Waals surface area contributed by atoms with Gasteiger partial charge in [0.15, 0.2) is 11.5 Å². The number of amides is 2. The number of fused-ring (bicyclic) bond motifs is 1. The topological polar surface area (TPSA) is 117 Å². The van der Waals surface area contributed by atoms with Gasteiger partial charge in [-0.3, -0.25) is 0 Å². The number of carbonyl (C=O) groups excluding carboxylic acids is 1. The van der Waals surface area contributed by atoms with E-state index in [-0.39, 0.29) is 17.5 Å². The zero-order valence-corrected chi connectivity index (χ0v) is 20.2. The highest BCUT2D eigenvalue weighted by Crippen LogP contribution is 2.49. The summed E-state index contributed by atoms with van der Waals surface area (Å²) in [5.74, 6) is 1.98. The molecule has 1 aromatic heterocycles. The number of aromatic nitrogens is 4. The average Bonchev–Trinajstić information content (AvgIpc) is 3.53. The Bertz CT molecular complexity index is 1190. The van der Waals surface area contributed by atoms with E-state index < -0.39 is 0 Å². The highest BCUT2D eigenvalue weighted by atomic mass is 16.5. The van der Waals surface area contributed by atoms with Crippen molar-refractivity contribution in [2.75, 3.05) is 33.1 Å². The molecule has 5 rings (SSSR count). The molecule has 0 bridgehead atoms. The molecule has 1 aliphatic heterocycles. The number of ether oxygens (including phenoxy) is 2. The number of tetrazole rings is 1. The van der Waals surface area contributed by atoms with Crippen LogP contribution in [0.4, 0.5) is 10.5 Å². The minimum Gasteiger partial charge on any atom is -0.493 e. The number of hydrogen-bond acceptors (Lipinski definition) is 7. The lowest BCUT2D eigenvalue weighted by atomic mass is 9.65. The molecule has 184 valence electrons. The summed E-state index contributed by atoms with van der Waals surface area (Å²) in [6, 6.07) is 13.9. The molecule has 1 saturated carbocycles. The summed E-state index contributed by atoms with van der Waals surface area (Å²) in [6.45, 7) is 1.03. The maximum absolute atomic E-state index is 12.8. The van der Waals surface area contributed by atoms with Gasteiger partial charge in [-0.15, -0.1) is 10.2 Å². The summed E-state index contributed by atoms with van der Waals surface area (Å²) in [7, 11) is 5.51. The van der Waals surface area contributed by atoms with Gasteiger partial charge < -0.3 is 25.0 Å². The lowest BCUT2D eigenvalue weighted by Crippen LogP contribution is -2.52. The molecule has 0 radical (unpaired) electrons. The Hall–Kier alpha value is -3.66. The predicted molar refractivity (Wildman–Crippen MR) is 132 cm³/mol. The number of carbonyl (C=O) groups is 1. The molecule has 3 aromatic rings. The van der Waals surface area contributed by atoms with Gasteiger partial charge in [0.25, 0.3) is 0 Å². The first-order valence-electron chi connectivity index (χ1n) is 11.9. The molecule has 1 aliphatic carbocycles. The van der Waals surface area contributed by atoms with Crippen molar-refractivity contribution in [2.45, 2.75) is 43.2 Å². The molecule has 2 amide bonds. The van der Waals surface area contributed by atoms with Gasteiger partial charge in [0.2, 0.25) is 5.82 Å². The van der Waals surface area contributed by atoms with Crippen molar-refractivity contribution in [3.63, 3.8) is 0 Å². The number of nitrogens with zero attached hydrogens (tertiary/aromatic N) is 4. The summed E-state index contributed by atoms with van der Waals surface area (Å²) >= 11 is 0. The van der Waals surface area contributed by atoms with Crippen LogP contribution in [-0.4, -0.2) is 71.5 Å². The van der Waals surface area contributed by atoms with Crippen LogP contribution in [0, 0.1) is 0 Å². The minimum absolute atomic E-state index is 0.0435. The van der Waals surface area contributed by atoms with Crippen LogP contribution in [0.3, 0.4) is 0 Å². The fourth-order valence-electron chi connectivity index (χ4n) is 5.77. The van der Waals surface area contributed by atoms with E-state index in [0.717, 1.165) is 49.3 Å². The van der Waals surface area contributed by atoms with Crippen molar-refractivity contribution < 1.29 is 14.3 Å². The van der Waals surface area contributed by atoms with Crippen LogP contribution >= 0.6 is 0 Å². The number of urea groups is 1. The lowest BCUT2D eigenvalue weighted by Gasteiger charge is -2.45. The van der Waals surface area contributed by atoms with Crippen molar-refractivity contribution in [1.29, 1.82) is 0 Å². The van der Waals surface area contributed by atoms with E-state index in [2.05, 4.69) is 55.3 Å². The summed E-state index contributed by atoms with van der Waals surface area (Å²) < 4.78 is 11.0. The Kier molecular flexibility index (Phi) is 6.29. The van der Waals surface area contributed by atoms with E-state index in [1.165, 1.54) is 5.56 Å². The first kappa shape index (κ1) is 23.1. The molecule has 2 fully saturated rings. The minimum atomic E-state index is -0.209. The standard InChI is InChI=1S/C25H31N7O3/c1-32-12-11-25(17-7-8-20(34-2)21(14-17)35-3)10-9-19(15-22(25)32)27-24(33)26-18-6-4-5-16(13-18)23-28-30-31-29-23/h4-8,13-14,19,22H,9-12,15H2,1-3H3,(H2,26,27,33)(H,28,29,30,31)/t19-,22+,25-/m0/s1. The number of rotatable bonds is 6. The fraction of sp³-hybridized carbons (Fsp3) is 0.440. The Balaban J connectivity index is 1.27. The van der Waals surface area contributed by atoms with Crippen LogP contribution in [-0.2, 0) is 5.41 Å². The number of likely N-dealkylation sites (N-methyl/N-ethyl adjacent to an activating group) is 1. The molecular weight excluding hydrogens is 446 g/mol. The number of H-pyrrole nitrogens is 1. The molecule has 2 aromatic carbocycles. The largest absolute Gasteiger partial charge is 0.493 e. The van der Waals surface area contributed by atoms with Gasteiger partial charge in [-0.05, 0) is 74.3 Å². The molecule has 10 nitrogen and oxygen atoms in total. The summed E-state index contributed by atoms with van der Waals surface area (Å²) in [5, 5.41) is 20.2. The lowest BCUT2D eigenvalue weighted by molar-refractivity contribution is 0.156. The molecule has 3 atom stereocenters. The first-order valence-corrected chi connectivity index (χ1v) is 11.9. The van der Waals surface area contributed by atoms with E-state index in [9.17, 15) is 4.79 Å². The molecule has 35 heavy (non-hydrogen) atoms. The first-order chi connectivity index (χ1) is 17.0. The molecule has 2 aliphatic rings. The normalized spacial score (nSPS) is 24.0. The number of nitrogens with one attached hydrogen (secondary N) is 3. The van der Waals surface area contributed by atoms with Gasteiger partial charge in [-0.1, -0.05) is 18.2 Å². The smallest absolute Gasteiger partial charge is 0.319 e. The van der Waals surface area contributed by atoms with Crippen LogP contribution < -0.4 is 20.1 Å². The van der Waals surface area contributed by atoms with E-state index in [1.807, 2.05) is 30.3 Å². The predicted octanol–water partition coefficient (Wildman–Crippen LogP) is 3.20. The fourth-order valence-corrected chi connectivity index (χ4v) is 5.77. The van der Waals surface area contributed by atoms with Crippen molar-refractivity contribution >= 4 is 11.7 Å². The quantitative estimate of drug-likeness (QED) is 0.499. The van der Waals surface area contributed by atoms with Crippen LogP contribution in [0.5, 0.6) is 11.5 Å². The van der Waals surface area contributed by atoms with Gasteiger partial charge in [-0.25, -0.2) is 4.79 Å². The maximum Gasteiger partial charge on any atom is 0.319 e. The maximum atomic E-state index is 12.8. The second-order valence-corrected chi connectivity index (χ2v) is 9.36. The van der Waals surface area contributed by atoms with Crippen LogP contribution in [0.25, 0.3) is 11.4 Å². The third kappa shape index (κ3) is 4.41. The van der Waals surface area contributed by atoms with Crippen LogP contribution in [0.15, 0.2) is 42.5 Å². The number of hydrogen-bond donors (Lipinski definition) is 3. The Labute approximate surface area is 204 Å². The number of anilines is 1. The Morgan fingerprint density at radius 3 is 2.77 bits per heavy atom. The van der Waals surface area contributed by atoms with Gasteiger partial charge in [0.1, 0.15) is 0 Å². The van der Waals surface area contributed by atoms with E-state index >= 15 is 0 Å². The summed E-state index contributed by atoms with van der Waals surface area (Å²) in [4.78, 5) is 15.3. The van der Waals surface area contributed by atoms with E-state index in [1.54, 1.807) is 14.2 Å². The van der Waals surface area contributed by atoms with E-state index in [4.69, 9.17) is 9.47 Å². The average molecular weight is 478 g/mol. The number of methoxy groups -OCH3 is 2. The molecule has 1 saturated heterocycles. The van der Waals surface area contributed by atoms with Gasteiger partial charge in [-0.2, -0.15) is 5.21 Å². The molecule has 0 unspecified atom stereocenters.